The van der Waals surface area contributed by atoms with E-state index in [1.165, 1.54) is 6.07 Å². The van der Waals surface area contributed by atoms with E-state index in [4.69, 9.17) is 4.42 Å². The van der Waals surface area contributed by atoms with Crippen molar-refractivity contribution in [1.82, 2.24) is 0 Å². The van der Waals surface area contributed by atoms with Crippen LogP contribution in [0.25, 0.3) is 22.5 Å². The Morgan fingerprint density at radius 2 is 1.45 bits per heavy atom. The van der Waals surface area contributed by atoms with E-state index in [2.05, 4.69) is 15.9 Å². The lowest BCUT2D eigenvalue weighted by atomic mass is 10.0. The fourth-order valence-corrected chi connectivity index (χ4v) is 2.30. The van der Waals surface area contributed by atoms with Crippen molar-refractivity contribution >= 4 is 15.9 Å². The molecule has 0 aliphatic carbocycles. The topological polar surface area (TPSA) is 30.2 Å². The largest absolute Gasteiger partial charge is 0.423 e. The Bertz CT molecular complexity index is 774. The maximum Gasteiger partial charge on any atom is 0.336 e. The molecule has 0 saturated carbocycles. The molecule has 3 heteroatoms. The smallest absolute Gasteiger partial charge is 0.336 e. The maximum atomic E-state index is 11.7. The minimum Gasteiger partial charge on any atom is -0.423 e. The summed E-state index contributed by atoms with van der Waals surface area (Å²) in [7, 11) is 0. The van der Waals surface area contributed by atoms with Gasteiger partial charge in [0.15, 0.2) is 0 Å². The van der Waals surface area contributed by atoms with Crippen LogP contribution in [0.1, 0.15) is 0 Å². The molecule has 1 aromatic heterocycles. The molecule has 2 nitrogen and oxygen atoms in total. The Hall–Kier alpha value is -2.13. The van der Waals surface area contributed by atoms with Crippen LogP contribution in [0.3, 0.4) is 0 Å². The van der Waals surface area contributed by atoms with Gasteiger partial charge in [-0.15, -0.1) is 0 Å². The van der Waals surface area contributed by atoms with E-state index in [0.717, 1.165) is 21.2 Å². The van der Waals surface area contributed by atoms with Gasteiger partial charge in [-0.25, -0.2) is 4.79 Å². The Morgan fingerprint density at radius 1 is 0.750 bits per heavy atom. The molecule has 0 aliphatic heterocycles. The van der Waals surface area contributed by atoms with Crippen molar-refractivity contribution in [2.45, 2.75) is 0 Å². The van der Waals surface area contributed by atoms with Gasteiger partial charge in [-0.2, -0.15) is 0 Å². The number of hydrogen-bond donors (Lipinski definition) is 0. The molecule has 2 aromatic carbocycles. The third-order valence-corrected chi connectivity index (χ3v) is 3.54. The van der Waals surface area contributed by atoms with Crippen molar-refractivity contribution in [3.05, 3.63) is 81.6 Å². The first-order valence-corrected chi connectivity index (χ1v) is 6.98. The lowest BCUT2D eigenvalue weighted by Gasteiger charge is -2.04. The summed E-state index contributed by atoms with van der Waals surface area (Å²) in [5, 5.41) is 0. The predicted octanol–water partition coefficient (Wildman–Crippen LogP) is 4.74. The second kappa shape index (κ2) is 5.47. The zero-order valence-electron chi connectivity index (χ0n) is 10.5. The molecule has 0 fully saturated rings. The summed E-state index contributed by atoms with van der Waals surface area (Å²) in [6, 6.07) is 20.9. The van der Waals surface area contributed by atoms with Gasteiger partial charge in [0.2, 0.25) is 0 Å². The molecule has 0 N–H and O–H groups in total. The SMILES string of the molecule is O=c1cc(-c2ccccc2)cc(-c2ccc(Br)cc2)o1. The van der Waals surface area contributed by atoms with Gasteiger partial charge in [-0.05, 0) is 29.3 Å². The van der Waals surface area contributed by atoms with Gasteiger partial charge >= 0.3 is 5.63 Å². The first-order valence-electron chi connectivity index (χ1n) is 6.19. The Labute approximate surface area is 124 Å². The van der Waals surface area contributed by atoms with Crippen LogP contribution in [0.4, 0.5) is 0 Å². The second-order valence-electron chi connectivity index (χ2n) is 4.40. The van der Waals surface area contributed by atoms with Crippen LogP contribution in [0.2, 0.25) is 0 Å². The standard InChI is InChI=1S/C17H11BrO2/c18-15-8-6-13(7-9-15)16-10-14(11-17(19)20-16)12-4-2-1-3-5-12/h1-11H. The average molecular weight is 327 g/mol. The van der Waals surface area contributed by atoms with E-state index in [1.54, 1.807) is 0 Å². The van der Waals surface area contributed by atoms with Crippen LogP contribution >= 0.6 is 15.9 Å². The number of halogens is 1. The van der Waals surface area contributed by atoms with E-state index in [-0.39, 0.29) is 5.63 Å². The van der Waals surface area contributed by atoms with Crippen molar-refractivity contribution in [2.24, 2.45) is 0 Å². The molecular weight excluding hydrogens is 316 g/mol. The molecule has 0 bridgehead atoms. The monoisotopic (exact) mass is 326 g/mol. The van der Waals surface area contributed by atoms with E-state index < -0.39 is 0 Å². The van der Waals surface area contributed by atoms with E-state index in [0.29, 0.717) is 5.76 Å². The summed E-state index contributed by atoms with van der Waals surface area (Å²) in [5.74, 6) is 0.573. The van der Waals surface area contributed by atoms with Gasteiger partial charge in [-0.3, -0.25) is 0 Å². The molecule has 0 atom stereocenters. The van der Waals surface area contributed by atoms with Crippen molar-refractivity contribution in [3.63, 3.8) is 0 Å². The van der Waals surface area contributed by atoms with Gasteiger partial charge in [0.25, 0.3) is 0 Å². The normalized spacial score (nSPS) is 10.4. The molecular formula is C17H11BrO2. The van der Waals surface area contributed by atoms with E-state index in [1.807, 2.05) is 60.7 Å². The molecule has 1 heterocycles. The van der Waals surface area contributed by atoms with Gasteiger partial charge in [0, 0.05) is 16.1 Å². The van der Waals surface area contributed by atoms with Crippen LogP contribution in [0.5, 0.6) is 0 Å². The predicted molar refractivity (Wildman–Crippen MR) is 83.6 cm³/mol. The summed E-state index contributed by atoms with van der Waals surface area (Å²) in [5.41, 5.74) is 2.39. The molecule has 0 aliphatic rings. The van der Waals surface area contributed by atoms with Crippen LogP contribution in [-0.4, -0.2) is 0 Å². The third kappa shape index (κ3) is 2.73. The summed E-state index contributed by atoms with van der Waals surface area (Å²) < 4.78 is 6.28. The highest BCUT2D eigenvalue weighted by Crippen LogP contribution is 2.25. The average Bonchev–Trinajstić information content (AvgIpc) is 2.48. The Kier molecular flexibility index (Phi) is 3.52. The summed E-state index contributed by atoms with van der Waals surface area (Å²) in [6.45, 7) is 0. The molecule has 20 heavy (non-hydrogen) atoms. The van der Waals surface area contributed by atoms with Crippen molar-refractivity contribution in [3.8, 4) is 22.5 Å². The number of hydrogen-bond acceptors (Lipinski definition) is 2. The summed E-state index contributed by atoms with van der Waals surface area (Å²) >= 11 is 3.39. The Balaban J connectivity index is 2.12. The quantitative estimate of drug-likeness (QED) is 0.681. The highest BCUT2D eigenvalue weighted by Gasteiger charge is 2.06. The highest BCUT2D eigenvalue weighted by molar-refractivity contribution is 9.10. The maximum absolute atomic E-state index is 11.7. The van der Waals surface area contributed by atoms with Crippen molar-refractivity contribution in [1.29, 1.82) is 0 Å². The molecule has 98 valence electrons. The van der Waals surface area contributed by atoms with Crippen LogP contribution in [-0.2, 0) is 0 Å². The Morgan fingerprint density at radius 3 is 2.15 bits per heavy atom. The third-order valence-electron chi connectivity index (χ3n) is 3.01. The lowest BCUT2D eigenvalue weighted by molar-refractivity contribution is 0.526. The summed E-state index contributed by atoms with van der Waals surface area (Å²) in [6.07, 6.45) is 0. The van der Waals surface area contributed by atoms with E-state index in [9.17, 15) is 4.79 Å². The van der Waals surface area contributed by atoms with Crippen LogP contribution in [0.15, 0.2) is 80.4 Å². The number of rotatable bonds is 2. The first kappa shape index (κ1) is 12.9. The van der Waals surface area contributed by atoms with Crippen LogP contribution < -0.4 is 5.63 Å². The second-order valence-corrected chi connectivity index (χ2v) is 5.32. The fourth-order valence-electron chi connectivity index (χ4n) is 2.03. The molecule has 0 amide bonds. The highest BCUT2D eigenvalue weighted by atomic mass is 79.9. The first-order chi connectivity index (χ1) is 9.72. The molecule has 3 aromatic rings. The van der Waals surface area contributed by atoms with E-state index >= 15 is 0 Å². The van der Waals surface area contributed by atoms with Crippen molar-refractivity contribution < 1.29 is 4.42 Å². The van der Waals surface area contributed by atoms with Gasteiger partial charge in [-0.1, -0.05) is 58.4 Å². The van der Waals surface area contributed by atoms with Crippen molar-refractivity contribution in [2.75, 3.05) is 0 Å². The van der Waals surface area contributed by atoms with Gasteiger partial charge in [0.05, 0.1) is 0 Å². The molecule has 0 spiro atoms. The summed E-state index contributed by atoms with van der Waals surface area (Å²) in [4.78, 5) is 11.7. The fraction of sp³-hybridized carbons (Fsp3) is 0. The van der Waals surface area contributed by atoms with Gasteiger partial charge in [0.1, 0.15) is 5.76 Å². The lowest BCUT2D eigenvalue weighted by Crippen LogP contribution is -1.98. The number of benzene rings is 2. The molecule has 3 rings (SSSR count). The molecule has 0 unspecified atom stereocenters. The van der Waals surface area contributed by atoms with Gasteiger partial charge < -0.3 is 4.42 Å². The zero-order valence-corrected chi connectivity index (χ0v) is 12.1. The minimum atomic E-state index is -0.343. The minimum absolute atomic E-state index is 0.343. The molecule has 0 radical (unpaired) electrons. The van der Waals surface area contributed by atoms with Crippen LogP contribution in [0, 0.1) is 0 Å². The molecule has 0 saturated heterocycles. The zero-order chi connectivity index (χ0) is 13.9.